The van der Waals surface area contributed by atoms with Gasteiger partial charge in [-0.05, 0) is 57.5 Å². The first-order valence-electron chi connectivity index (χ1n) is 10.6. The molecule has 3 heterocycles. The molecule has 3 rings (SSSR count). The molecule has 2 aliphatic rings. The lowest BCUT2D eigenvalue weighted by Gasteiger charge is -2.42. The monoisotopic (exact) mass is 536 g/mol. The van der Waals surface area contributed by atoms with Crippen molar-refractivity contribution in [3.8, 4) is 0 Å². The molecule has 1 spiro atoms. The largest absolute Gasteiger partial charge is 0.490 e. The first-order valence-corrected chi connectivity index (χ1v) is 11.4. The molecule has 1 aromatic heterocycles. The number of likely N-dealkylation sites (tertiary alicyclic amines) is 2. The molecule has 2 saturated heterocycles. The Labute approximate surface area is 203 Å². The van der Waals surface area contributed by atoms with Crippen LogP contribution in [0.4, 0.5) is 26.3 Å². The van der Waals surface area contributed by atoms with E-state index < -0.39 is 24.3 Å². The Morgan fingerprint density at radius 2 is 1.57 bits per heavy atom. The van der Waals surface area contributed by atoms with E-state index >= 15 is 0 Å². The second-order valence-electron chi connectivity index (χ2n) is 8.61. The number of carboxylic acid groups (broad SMARTS) is 2. The van der Waals surface area contributed by atoms with Gasteiger partial charge >= 0.3 is 24.3 Å². The minimum atomic E-state index is -5.08. The van der Waals surface area contributed by atoms with Gasteiger partial charge in [0.15, 0.2) is 0 Å². The number of hydrogen-bond acceptors (Lipinski definition) is 6. The summed E-state index contributed by atoms with van der Waals surface area (Å²) in [5, 5.41) is 14.2. The lowest BCUT2D eigenvalue weighted by Crippen LogP contribution is -2.44. The number of rotatable bonds is 4. The van der Waals surface area contributed by atoms with Crippen LogP contribution >= 0.6 is 11.3 Å². The van der Waals surface area contributed by atoms with E-state index in [1.165, 1.54) is 48.8 Å². The smallest absolute Gasteiger partial charge is 0.475 e. The van der Waals surface area contributed by atoms with Crippen LogP contribution in [0.15, 0.2) is 12.1 Å². The van der Waals surface area contributed by atoms with Crippen LogP contribution in [-0.2, 0) is 20.9 Å². The molecule has 14 heteroatoms. The Morgan fingerprint density at radius 1 is 1.09 bits per heavy atom. The quantitative estimate of drug-likeness (QED) is 0.560. The maximum atomic E-state index is 10.6. The molecule has 0 amide bonds. The van der Waals surface area contributed by atoms with Crippen molar-refractivity contribution in [3.63, 3.8) is 0 Å². The van der Waals surface area contributed by atoms with E-state index in [9.17, 15) is 26.3 Å². The number of halogens is 6. The molecule has 0 saturated carbocycles. The number of nitrogens with zero attached hydrogens (tertiary/aromatic N) is 2. The maximum absolute atomic E-state index is 10.6. The second kappa shape index (κ2) is 12.9. The number of carboxylic acids is 2. The van der Waals surface area contributed by atoms with Crippen molar-refractivity contribution in [2.75, 3.05) is 46.9 Å². The molecule has 2 aliphatic heterocycles. The van der Waals surface area contributed by atoms with E-state index in [0.717, 1.165) is 19.1 Å². The molecule has 35 heavy (non-hydrogen) atoms. The summed E-state index contributed by atoms with van der Waals surface area (Å²) in [6.07, 6.45) is -7.51. The standard InChI is InChI=1S/C17H28N2OS.2C2HF3O2/c1-14-4-5-16(21-14)11-19-8-6-17(7-9-19)13-18(2)10-15(17)12-20-3;2*3-2(4,5)1(6)7/h4-5,15H,6-13H2,1-3H3;2*(H,6,7). The van der Waals surface area contributed by atoms with Gasteiger partial charge in [-0.1, -0.05) is 0 Å². The Morgan fingerprint density at radius 3 is 1.94 bits per heavy atom. The fourth-order valence-electron chi connectivity index (χ4n) is 4.25. The van der Waals surface area contributed by atoms with Gasteiger partial charge in [-0.2, -0.15) is 26.3 Å². The fraction of sp³-hybridized carbons (Fsp3) is 0.714. The third-order valence-electron chi connectivity index (χ3n) is 5.86. The Kier molecular flexibility index (Phi) is 11.5. The molecular formula is C21H30F6N2O5S. The summed E-state index contributed by atoms with van der Waals surface area (Å²) in [6, 6.07) is 4.54. The summed E-state index contributed by atoms with van der Waals surface area (Å²) in [7, 11) is 4.11. The Hall–Kier alpha value is -1.90. The summed E-state index contributed by atoms with van der Waals surface area (Å²) >= 11 is 1.94. The molecule has 1 aromatic rings. The predicted octanol–water partition coefficient (Wildman–Crippen LogP) is 4.11. The van der Waals surface area contributed by atoms with Gasteiger partial charge in [0.05, 0.1) is 6.61 Å². The van der Waals surface area contributed by atoms with Crippen LogP contribution in [0.1, 0.15) is 22.6 Å². The van der Waals surface area contributed by atoms with Crippen LogP contribution in [0.5, 0.6) is 0 Å². The second-order valence-corrected chi connectivity index (χ2v) is 9.98. The van der Waals surface area contributed by atoms with Crippen molar-refractivity contribution < 1.29 is 50.9 Å². The molecule has 1 unspecified atom stereocenters. The average molecular weight is 537 g/mol. The molecule has 0 bridgehead atoms. The van der Waals surface area contributed by atoms with Gasteiger partial charge in [0.1, 0.15) is 0 Å². The molecule has 0 aliphatic carbocycles. The lowest BCUT2D eigenvalue weighted by molar-refractivity contribution is -0.193. The van der Waals surface area contributed by atoms with Crippen molar-refractivity contribution in [1.29, 1.82) is 0 Å². The van der Waals surface area contributed by atoms with Crippen molar-refractivity contribution in [2.45, 2.75) is 38.7 Å². The molecule has 2 fully saturated rings. The Balaban J connectivity index is 0.000000362. The summed E-state index contributed by atoms with van der Waals surface area (Å²) in [4.78, 5) is 25.9. The van der Waals surface area contributed by atoms with Gasteiger partial charge in [-0.15, -0.1) is 11.3 Å². The summed E-state index contributed by atoms with van der Waals surface area (Å²) in [5.74, 6) is -4.79. The first-order chi connectivity index (χ1) is 16.0. The van der Waals surface area contributed by atoms with Crippen LogP contribution in [0, 0.1) is 18.3 Å². The molecule has 202 valence electrons. The molecular weight excluding hydrogens is 506 g/mol. The third-order valence-corrected chi connectivity index (χ3v) is 6.85. The lowest BCUT2D eigenvalue weighted by atomic mass is 9.71. The summed E-state index contributed by atoms with van der Waals surface area (Å²) < 4.78 is 69.0. The van der Waals surface area contributed by atoms with Crippen LogP contribution in [0.25, 0.3) is 0 Å². The van der Waals surface area contributed by atoms with Gasteiger partial charge < -0.3 is 19.8 Å². The summed E-state index contributed by atoms with van der Waals surface area (Å²) in [5.41, 5.74) is 0.507. The number of thiophene rings is 1. The van der Waals surface area contributed by atoms with Gasteiger partial charge in [-0.3, -0.25) is 4.90 Å². The van der Waals surface area contributed by atoms with Crippen molar-refractivity contribution in [3.05, 3.63) is 21.9 Å². The van der Waals surface area contributed by atoms with Gasteiger partial charge in [0, 0.05) is 42.4 Å². The van der Waals surface area contributed by atoms with Gasteiger partial charge in [0.25, 0.3) is 0 Å². The van der Waals surface area contributed by atoms with E-state index in [1.54, 1.807) is 0 Å². The third kappa shape index (κ3) is 10.3. The molecule has 2 N–H and O–H groups in total. The number of alkyl halides is 6. The fourth-order valence-corrected chi connectivity index (χ4v) is 5.18. The highest BCUT2D eigenvalue weighted by Crippen LogP contribution is 2.44. The van der Waals surface area contributed by atoms with Crippen molar-refractivity contribution in [2.24, 2.45) is 11.3 Å². The average Bonchev–Trinajstić information content (AvgIpc) is 3.26. The zero-order valence-electron chi connectivity index (χ0n) is 19.6. The number of methoxy groups -OCH3 is 1. The topological polar surface area (TPSA) is 90.3 Å². The molecule has 7 nitrogen and oxygen atoms in total. The zero-order chi connectivity index (χ0) is 27.0. The molecule has 0 radical (unpaired) electrons. The number of aryl methyl sites for hydroxylation is 1. The Bertz CT molecular complexity index is 798. The highest BCUT2D eigenvalue weighted by atomic mass is 32.1. The van der Waals surface area contributed by atoms with Gasteiger partial charge in [0.2, 0.25) is 0 Å². The highest BCUT2D eigenvalue weighted by molar-refractivity contribution is 7.11. The van der Waals surface area contributed by atoms with Crippen molar-refractivity contribution in [1.82, 2.24) is 9.80 Å². The summed E-state index contributed by atoms with van der Waals surface area (Å²) in [6.45, 7) is 9.21. The first kappa shape index (κ1) is 31.1. The number of aliphatic carboxylic acids is 2. The minimum absolute atomic E-state index is 0.507. The van der Waals surface area contributed by atoms with Crippen LogP contribution in [0.2, 0.25) is 0 Å². The normalized spacial score (nSPS) is 20.5. The number of ether oxygens (including phenoxy) is 1. The number of carbonyl (C=O) groups is 2. The highest BCUT2D eigenvalue weighted by Gasteiger charge is 2.46. The van der Waals surface area contributed by atoms with Gasteiger partial charge in [-0.25, -0.2) is 9.59 Å². The SMILES string of the molecule is COCC1CN(C)CC12CCN(Cc1ccc(C)s1)CC2.O=C(O)C(F)(F)F.O=C(O)C(F)(F)F. The van der Waals surface area contributed by atoms with E-state index in [0.29, 0.717) is 5.41 Å². The predicted molar refractivity (Wildman–Crippen MR) is 116 cm³/mol. The molecule has 0 aromatic carbocycles. The van der Waals surface area contributed by atoms with Crippen LogP contribution in [0.3, 0.4) is 0 Å². The maximum Gasteiger partial charge on any atom is 0.490 e. The van der Waals surface area contributed by atoms with E-state index in [4.69, 9.17) is 24.5 Å². The molecule has 1 atom stereocenters. The van der Waals surface area contributed by atoms with E-state index in [-0.39, 0.29) is 0 Å². The van der Waals surface area contributed by atoms with E-state index in [1.807, 2.05) is 18.4 Å². The minimum Gasteiger partial charge on any atom is -0.475 e. The van der Waals surface area contributed by atoms with Crippen LogP contribution in [-0.4, -0.2) is 91.2 Å². The number of piperidine rings is 1. The number of hydrogen-bond donors (Lipinski definition) is 2. The van der Waals surface area contributed by atoms with Crippen LogP contribution < -0.4 is 0 Å². The van der Waals surface area contributed by atoms with E-state index in [2.05, 4.69) is 35.9 Å². The van der Waals surface area contributed by atoms with Crippen molar-refractivity contribution >= 4 is 23.3 Å². The zero-order valence-corrected chi connectivity index (χ0v) is 20.4.